The smallest absolute Gasteiger partial charge is 0.0703 e. The van der Waals surface area contributed by atoms with Gasteiger partial charge in [0.2, 0.25) is 0 Å². The van der Waals surface area contributed by atoms with Crippen LogP contribution in [0.3, 0.4) is 0 Å². The highest BCUT2D eigenvalue weighted by Gasteiger charge is 2.29. The molecule has 3 heteroatoms. The van der Waals surface area contributed by atoms with Gasteiger partial charge in [-0.05, 0) is 44.6 Å². The molecule has 1 atom stereocenters. The van der Waals surface area contributed by atoms with Gasteiger partial charge >= 0.3 is 0 Å². The van der Waals surface area contributed by atoms with Crippen LogP contribution in [0.5, 0.6) is 0 Å². The second-order valence-corrected chi connectivity index (χ2v) is 5.73. The highest BCUT2D eigenvalue weighted by atomic mass is 35.5. The minimum Gasteiger partial charge on any atom is -0.265 e. The largest absolute Gasteiger partial charge is 0.265 e. The zero-order valence-electron chi connectivity index (χ0n) is 10.8. The van der Waals surface area contributed by atoms with E-state index in [0.717, 1.165) is 25.3 Å². The van der Waals surface area contributed by atoms with Crippen LogP contribution in [-0.4, -0.2) is 15.2 Å². The molecule has 1 aromatic heterocycles. The molecule has 0 N–H and O–H groups in total. The third kappa shape index (κ3) is 2.26. The molecule has 1 fully saturated rings. The van der Waals surface area contributed by atoms with Crippen LogP contribution in [0.1, 0.15) is 31.9 Å². The fraction of sp³-hybridized carbons (Fsp3) is 0.533. The number of fused-ring (bicyclic) bond motifs is 1. The summed E-state index contributed by atoms with van der Waals surface area (Å²) in [5.41, 5.74) is 2.45. The molecule has 1 aromatic carbocycles. The summed E-state index contributed by atoms with van der Waals surface area (Å²) in [6, 6.07) is 8.49. The van der Waals surface area contributed by atoms with E-state index < -0.39 is 0 Å². The van der Waals surface area contributed by atoms with Gasteiger partial charge in [0.25, 0.3) is 0 Å². The number of rotatable bonds is 5. The first-order valence-corrected chi connectivity index (χ1v) is 7.31. The summed E-state index contributed by atoms with van der Waals surface area (Å²) in [5.74, 6) is 0.770. The number of hydrogen-bond donors (Lipinski definition) is 0. The number of halogens is 1. The number of aromatic nitrogens is 2. The first-order chi connectivity index (χ1) is 8.79. The van der Waals surface area contributed by atoms with Gasteiger partial charge in [0.05, 0.1) is 11.2 Å². The third-order valence-corrected chi connectivity index (χ3v) is 4.40. The summed E-state index contributed by atoms with van der Waals surface area (Å²) >= 11 is 6.39. The van der Waals surface area contributed by atoms with Crippen molar-refractivity contribution in [2.75, 3.05) is 0 Å². The van der Waals surface area contributed by atoms with Gasteiger partial charge in [0, 0.05) is 17.3 Å². The monoisotopic (exact) mass is 262 g/mol. The maximum Gasteiger partial charge on any atom is 0.0703 e. The van der Waals surface area contributed by atoms with Crippen LogP contribution in [0.2, 0.25) is 0 Å². The standard InChI is InChI=1S/C15H19ClN2/c1-2-18-15-6-4-3-5-12(15)14(17-18)10-9-13(16)11-7-8-11/h3-6,11,13H,2,7-10H2,1H3. The molecule has 0 amide bonds. The van der Waals surface area contributed by atoms with E-state index in [4.69, 9.17) is 16.7 Å². The van der Waals surface area contributed by atoms with Gasteiger partial charge < -0.3 is 0 Å². The third-order valence-electron chi connectivity index (χ3n) is 3.82. The van der Waals surface area contributed by atoms with Gasteiger partial charge in [-0.1, -0.05) is 18.2 Å². The quantitative estimate of drug-likeness (QED) is 0.745. The second kappa shape index (κ2) is 4.93. The molecule has 1 saturated carbocycles. The minimum atomic E-state index is 0.343. The maximum absolute atomic E-state index is 6.39. The molecule has 2 aromatic rings. The van der Waals surface area contributed by atoms with Gasteiger partial charge in [-0.25, -0.2) is 0 Å². The highest BCUT2D eigenvalue weighted by molar-refractivity contribution is 6.21. The Kier molecular flexibility index (Phi) is 3.29. The Labute approximate surface area is 113 Å². The van der Waals surface area contributed by atoms with Gasteiger partial charge in [0.15, 0.2) is 0 Å². The van der Waals surface area contributed by atoms with Crippen LogP contribution in [-0.2, 0) is 13.0 Å². The number of nitrogens with zero attached hydrogens (tertiary/aromatic N) is 2. The highest BCUT2D eigenvalue weighted by Crippen LogP contribution is 2.37. The molecule has 0 radical (unpaired) electrons. The summed E-state index contributed by atoms with van der Waals surface area (Å²) < 4.78 is 2.09. The van der Waals surface area contributed by atoms with Crippen molar-refractivity contribution < 1.29 is 0 Å². The predicted octanol–water partition coefficient (Wildman–Crippen LogP) is 4.01. The zero-order chi connectivity index (χ0) is 12.5. The molecule has 96 valence electrons. The van der Waals surface area contributed by atoms with E-state index in [1.165, 1.54) is 29.4 Å². The van der Waals surface area contributed by atoms with E-state index in [2.05, 4.69) is 35.9 Å². The number of hydrogen-bond acceptors (Lipinski definition) is 1. The van der Waals surface area contributed by atoms with Crippen LogP contribution in [0.15, 0.2) is 24.3 Å². The zero-order valence-corrected chi connectivity index (χ0v) is 11.5. The Morgan fingerprint density at radius 2 is 2.17 bits per heavy atom. The predicted molar refractivity (Wildman–Crippen MR) is 76.1 cm³/mol. The van der Waals surface area contributed by atoms with Gasteiger partial charge in [-0.15, -0.1) is 11.6 Å². The van der Waals surface area contributed by atoms with Crippen LogP contribution < -0.4 is 0 Å². The van der Waals surface area contributed by atoms with Crippen molar-refractivity contribution in [3.8, 4) is 0 Å². The molecular weight excluding hydrogens is 244 g/mol. The number of alkyl halides is 1. The molecule has 2 nitrogen and oxygen atoms in total. The van der Waals surface area contributed by atoms with Gasteiger partial charge in [-0.2, -0.15) is 5.10 Å². The lowest BCUT2D eigenvalue weighted by Gasteiger charge is -2.05. The molecule has 3 rings (SSSR count). The lowest BCUT2D eigenvalue weighted by Crippen LogP contribution is -2.04. The Hall–Kier alpha value is -1.02. The maximum atomic E-state index is 6.39. The van der Waals surface area contributed by atoms with Crippen molar-refractivity contribution in [1.82, 2.24) is 9.78 Å². The summed E-state index contributed by atoms with van der Waals surface area (Å²) in [7, 11) is 0. The van der Waals surface area contributed by atoms with Crippen molar-refractivity contribution in [3.05, 3.63) is 30.0 Å². The number of aryl methyl sites for hydroxylation is 2. The summed E-state index contributed by atoms with van der Waals surface area (Å²) in [6.45, 7) is 3.06. The second-order valence-electron chi connectivity index (χ2n) is 5.17. The average Bonchev–Trinajstić information content (AvgIpc) is 3.19. The van der Waals surface area contributed by atoms with E-state index in [1.54, 1.807) is 0 Å². The summed E-state index contributed by atoms with van der Waals surface area (Å²) in [6.07, 6.45) is 4.69. The molecule has 0 aliphatic heterocycles. The van der Waals surface area contributed by atoms with Crippen molar-refractivity contribution in [3.63, 3.8) is 0 Å². The Bertz CT molecular complexity index is 542. The molecule has 0 saturated heterocycles. The molecule has 1 aliphatic rings. The summed E-state index contributed by atoms with van der Waals surface area (Å²) in [4.78, 5) is 0. The van der Waals surface area contributed by atoms with Crippen molar-refractivity contribution in [2.24, 2.45) is 5.92 Å². The Balaban J connectivity index is 1.82. The molecule has 18 heavy (non-hydrogen) atoms. The molecular formula is C15H19ClN2. The Morgan fingerprint density at radius 1 is 1.39 bits per heavy atom. The van der Waals surface area contributed by atoms with E-state index in [1.807, 2.05) is 0 Å². The molecule has 1 unspecified atom stereocenters. The van der Waals surface area contributed by atoms with Crippen molar-refractivity contribution in [1.29, 1.82) is 0 Å². The topological polar surface area (TPSA) is 17.8 Å². The number of benzene rings is 1. The fourth-order valence-electron chi connectivity index (χ4n) is 2.59. The molecule has 0 bridgehead atoms. The van der Waals surface area contributed by atoms with Crippen molar-refractivity contribution >= 4 is 22.5 Å². The van der Waals surface area contributed by atoms with E-state index in [0.29, 0.717) is 5.38 Å². The van der Waals surface area contributed by atoms with Crippen LogP contribution in [0.4, 0.5) is 0 Å². The molecule has 1 heterocycles. The van der Waals surface area contributed by atoms with E-state index in [9.17, 15) is 0 Å². The lowest BCUT2D eigenvalue weighted by molar-refractivity contribution is 0.636. The number of para-hydroxylation sites is 1. The average molecular weight is 263 g/mol. The first kappa shape index (κ1) is 12.0. The fourth-order valence-corrected chi connectivity index (χ4v) is 2.95. The molecule has 0 spiro atoms. The summed E-state index contributed by atoms with van der Waals surface area (Å²) in [5, 5.41) is 6.35. The van der Waals surface area contributed by atoms with Crippen molar-refractivity contribution in [2.45, 2.75) is 44.5 Å². The lowest BCUT2D eigenvalue weighted by atomic mass is 10.1. The SMILES string of the molecule is CCn1nc(CCC(Cl)C2CC2)c2ccccc21. The minimum absolute atomic E-state index is 0.343. The van der Waals surface area contributed by atoms with Crippen LogP contribution >= 0.6 is 11.6 Å². The van der Waals surface area contributed by atoms with Crippen LogP contribution in [0.25, 0.3) is 10.9 Å². The van der Waals surface area contributed by atoms with E-state index >= 15 is 0 Å². The first-order valence-electron chi connectivity index (χ1n) is 6.88. The van der Waals surface area contributed by atoms with Crippen LogP contribution in [0, 0.1) is 5.92 Å². The normalized spacial score (nSPS) is 17.2. The molecule has 1 aliphatic carbocycles. The Morgan fingerprint density at radius 3 is 2.89 bits per heavy atom. The van der Waals surface area contributed by atoms with Gasteiger partial charge in [-0.3, -0.25) is 4.68 Å². The van der Waals surface area contributed by atoms with Gasteiger partial charge in [0.1, 0.15) is 0 Å². The van der Waals surface area contributed by atoms with E-state index in [-0.39, 0.29) is 0 Å².